The van der Waals surface area contributed by atoms with E-state index >= 15 is 0 Å². The molecule has 0 radical (unpaired) electrons. The van der Waals surface area contributed by atoms with Crippen LogP contribution in [0.1, 0.15) is 11.3 Å². The first kappa shape index (κ1) is 11.9. The van der Waals surface area contributed by atoms with Gasteiger partial charge in [-0.25, -0.2) is 4.98 Å². The summed E-state index contributed by atoms with van der Waals surface area (Å²) in [4.78, 5) is 18.4. The van der Waals surface area contributed by atoms with Crippen molar-refractivity contribution in [2.24, 2.45) is 0 Å². The van der Waals surface area contributed by atoms with Crippen LogP contribution in [0.3, 0.4) is 0 Å². The highest BCUT2D eigenvalue weighted by Crippen LogP contribution is 2.09. The van der Waals surface area contributed by atoms with Gasteiger partial charge in [0.2, 0.25) is 5.95 Å². The van der Waals surface area contributed by atoms with E-state index in [9.17, 15) is 4.79 Å². The lowest BCUT2D eigenvalue weighted by Gasteiger charge is -2.06. The molecule has 0 bridgehead atoms. The van der Waals surface area contributed by atoms with E-state index in [1.807, 2.05) is 30.3 Å². The quantitative estimate of drug-likeness (QED) is 0.914. The Morgan fingerprint density at radius 2 is 2.06 bits per heavy atom. The van der Waals surface area contributed by atoms with Gasteiger partial charge < -0.3 is 5.32 Å². The van der Waals surface area contributed by atoms with Gasteiger partial charge in [-0.1, -0.05) is 30.3 Å². The van der Waals surface area contributed by atoms with Crippen LogP contribution in [0.2, 0.25) is 0 Å². The SMILES string of the molecule is Cc1nc(NCc2ccccc2)[nH]c(=O)c1Br. The number of aryl methyl sites for hydroxylation is 1. The minimum Gasteiger partial charge on any atom is -0.352 e. The van der Waals surface area contributed by atoms with E-state index in [2.05, 4.69) is 31.2 Å². The van der Waals surface area contributed by atoms with Crippen LogP contribution in [0.15, 0.2) is 39.6 Å². The molecule has 1 aromatic carbocycles. The van der Waals surface area contributed by atoms with Crippen molar-refractivity contribution >= 4 is 21.9 Å². The van der Waals surface area contributed by atoms with Crippen LogP contribution in [0.25, 0.3) is 0 Å². The van der Waals surface area contributed by atoms with E-state index in [1.54, 1.807) is 6.92 Å². The van der Waals surface area contributed by atoms with Crippen molar-refractivity contribution in [3.8, 4) is 0 Å². The van der Waals surface area contributed by atoms with E-state index in [0.29, 0.717) is 22.7 Å². The summed E-state index contributed by atoms with van der Waals surface area (Å²) in [5.74, 6) is 0.486. The zero-order chi connectivity index (χ0) is 12.3. The summed E-state index contributed by atoms with van der Waals surface area (Å²) in [6, 6.07) is 9.93. The molecule has 1 aromatic heterocycles. The van der Waals surface area contributed by atoms with Crippen LogP contribution < -0.4 is 10.9 Å². The number of anilines is 1. The maximum Gasteiger partial charge on any atom is 0.266 e. The van der Waals surface area contributed by atoms with Gasteiger partial charge in [-0.3, -0.25) is 9.78 Å². The Balaban J connectivity index is 2.13. The van der Waals surface area contributed by atoms with Crippen molar-refractivity contribution in [1.82, 2.24) is 9.97 Å². The fraction of sp³-hybridized carbons (Fsp3) is 0.167. The molecule has 0 spiro atoms. The molecule has 0 saturated heterocycles. The van der Waals surface area contributed by atoms with Crippen LogP contribution in [0.4, 0.5) is 5.95 Å². The Morgan fingerprint density at radius 3 is 2.71 bits per heavy atom. The third-order valence-corrected chi connectivity index (χ3v) is 3.27. The molecule has 0 fully saturated rings. The third-order valence-electron chi connectivity index (χ3n) is 2.33. The molecule has 0 aliphatic carbocycles. The first-order chi connectivity index (χ1) is 8.16. The molecule has 2 aromatic rings. The number of benzene rings is 1. The van der Waals surface area contributed by atoms with Gasteiger partial charge in [0, 0.05) is 6.54 Å². The zero-order valence-corrected chi connectivity index (χ0v) is 10.9. The van der Waals surface area contributed by atoms with Gasteiger partial charge in [0.25, 0.3) is 5.56 Å². The van der Waals surface area contributed by atoms with Crippen LogP contribution in [-0.2, 0) is 6.54 Å². The molecule has 17 heavy (non-hydrogen) atoms. The van der Waals surface area contributed by atoms with E-state index in [-0.39, 0.29) is 5.56 Å². The lowest BCUT2D eigenvalue weighted by Crippen LogP contribution is -2.15. The van der Waals surface area contributed by atoms with Crippen molar-refractivity contribution in [1.29, 1.82) is 0 Å². The molecule has 2 rings (SSSR count). The number of halogens is 1. The highest BCUT2D eigenvalue weighted by atomic mass is 79.9. The molecule has 0 unspecified atom stereocenters. The fourth-order valence-electron chi connectivity index (χ4n) is 1.44. The number of rotatable bonds is 3. The lowest BCUT2D eigenvalue weighted by molar-refractivity contribution is 0.997. The maximum atomic E-state index is 11.5. The van der Waals surface area contributed by atoms with Gasteiger partial charge in [-0.15, -0.1) is 0 Å². The summed E-state index contributed by atoms with van der Waals surface area (Å²) in [6.07, 6.45) is 0. The second kappa shape index (κ2) is 5.14. The second-order valence-electron chi connectivity index (χ2n) is 3.65. The van der Waals surface area contributed by atoms with Gasteiger partial charge in [0.1, 0.15) is 4.47 Å². The van der Waals surface area contributed by atoms with Gasteiger partial charge >= 0.3 is 0 Å². The second-order valence-corrected chi connectivity index (χ2v) is 4.45. The molecule has 0 aliphatic heterocycles. The first-order valence-corrected chi connectivity index (χ1v) is 6.00. The van der Waals surface area contributed by atoms with E-state index in [1.165, 1.54) is 0 Å². The normalized spacial score (nSPS) is 10.2. The molecular formula is C12H12BrN3O. The summed E-state index contributed by atoms with van der Waals surface area (Å²) in [5.41, 5.74) is 1.63. The lowest BCUT2D eigenvalue weighted by atomic mass is 10.2. The fourth-order valence-corrected chi connectivity index (χ4v) is 1.62. The Kier molecular flexibility index (Phi) is 3.58. The Hall–Kier alpha value is -1.62. The molecule has 0 atom stereocenters. The summed E-state index contributed by atoms with van der Waals surface area (Å²) >= 11 is 3.18. The van der Waals surface area contributed by atoms with E-state index < -0.39 is 0 Å². The summed E-state index contributed by atoms with van der Waals surface area (Å²) in [7, 11) is 0. The topological polar surface area (TPSA) is 57.8 Å². The predicted molar refractivity (Wildman–Crippen MR) is 71.1 cm³/mol. The third kappa shape index (κ3) is 2.94. The minimum absolute atomic E-state index is 0.173. The summed E-state index contributed by atoms with van der Waals surface area (Å²) in [5, 5.41) is 3.08. The standard InChI is InChI=1S/C12H12BrN3O/c1-8-10(13)11(17)16-12(15-8)14-7-9-5-3-2-4-6-9/h2-6H,7H2,1H3,(H2,14,15,16,17). The number of H-pyrrole nitrogens is 1. The molecule has 0 amide bonds. The predicted octanol–water partition coefficient (Wildman–Crippen LogP) is 2.45. The van der Waals surface area contributed by atoms with Crippen LogP contribution in [0, 0.1) is 6.92 Å². The van der Waals surface area contributed by atoms with E-state index in [0.717, 1.165) is 5.56 Å². The van der Waals surface area contributed by atoms with Crippen molar-refractivity contribution in [2.75, 3.05) is 5.32 Å². The summed E-state index contributed by atoms with van der Waals surface area (Å²) in [6.45, 7) is 2.41. The molecule has 0 saturated carbocycles. The monoisotopic (exact) mass is 293 g/mol. The van der Waals surface area contributed by atoms with E-state index in [4.69, 9.17) is 0 Å². The molecule has 0 aliphatic rings. The van der Waals surface area contributed by atoms with Crippen LogP contribution >= 0.6 is 15.9 Å². The molecule has 4 nitrogen and oxygen atoms in total. The first-order valence-electron chi connectivity index (χ1n) is 5.21. The molecular weight excluding hydrogens is 282 g/mol. The average molecular weight is 294 g/mol. The average Bonchev–Trinajstić information content (AvgIpc) is 2.34. The van der Waals surface area contributed by atoms with Crippen LogP contribution in [-0.4, -0.2) is 9.97 Å². The minimum atomic E-state index is -0.173. The van der Waals surface area contributed by atoms with Gasteiger partial charge in [-0.05, 0) is 28.4 Å². The molecule has 2 N–H and O–H groups in total. The Bertz CT molecular complexity index is 566. The van der Waals surface area contributed by atoms with Crippen molar-refractivity contribution in [3.63, 3.8) is 0 Å². The molecule has 1 heterocycles. The molecule has 88 valence electrons. The highest BCUT2D eigenvalue weighted by Gasteiger charge is 2.04. The Morgan fingerprint density at radius 1 is 1.35 bits per heavy atom. The number of aromatic nitrogens is 2. The van der Waals surface area contributed by atoms with Gasteiger partial charge in [0.15, 0.2) is 0 Å². The largest absolute Gasteiger partial charge is 0.352 e. The van der Waals surface area contributed by atoms with Gasteiger partial charge in [0.05, 0.1) is 5.69 Å². The number of aromatic amines is 1. The van der Waals surface area contributed by atoms with Crippen molar-refractivity contribution in [2.45, 2.75) is 13.5 Å². The number of nitrogens with zero attached hydrogens (tertiary/aromatic N) is 1. The summed E-state index contributed by atoms with van der Waals surface area (Å²) < 4.78 is 0.475. The van der Waals surface area contributed by atoms with Crippen LogP contribution in [0.5, 0.6) is 0 Å². The number of nitrogens with one attached hydrogen (secondary N) is 2. The van der Waals surface area contributed by atoms with Crippen molar-refractivity contribution in [3.05, 3.63) is 56.4 Å². The highest BCUT2D eigenvalue weighted by molar-refractivity contribution is 9.10. The molecule has 5 heteroatoms. The number of hydrogen-bond donors (Lipinski definition) is 2. The maximum absolute atomic E-state index is 11.5. The Labute approximate surface area is 107 Å². The number of hydrogen-bond acceptors (Lipinski definition) is 3. The smallest absolute Gasteiger partial charge is 0.266 e. The zero-order valence-electron chi connectivity index (χ0n) is 9.33. The van der Waals surface area contributed by atoms with Gasteiger partial charge in [-0.2, -0.15) is 0 Å². The van der Waals surface area contributed by atoms with Crippen molar-refractivity contribution < 1.29 is 0 Å².